The number of carboxylic acids is 1. The number of esters is 1. The zero-order valence-electron chi connectivity index (χ0n) is 24.0. The van der Waals surface area contributed by atoms with Crippen molar-refractivity contribution in [2.24, 2.45) is 17.8 Å². The summed E-state index contributed by atoms with van der Waals surface area (Å²) in [6.45, 7) is 7.01. The molecule has 1 saturated carbocycles. The van der Waals surface area contributed by atoms with Crippen molar-refractivity contribution >= 4 is 35.1 Å². The number of nitrogens with zero attached hydrogens (tertiary/aromatic N) is 2. The maximum atomic E-state index is 13.2. The lowest BCUT2D eigenvalue weighted by Crippen LogP contribution is -2.42. The van der Waals surface area contributed by atoms with Crippen LogP contribution < -0.4 is 5.32 Å². The molecule has 1 heterocycles. The zero-order valence-corrected chi connectivity index (χ0v) is 24.8. The molecule has 2 N–H and O–H groups in total. The van der Waals surface area contributed by atoms with E-state index in [4.69, 9.17) is 4.74 Å². The van der Waals surface area contributed by atoms with Crippen LogP contribution in [0, 0.1) is 17.8 Å². The van der Waals surface area contributed by atoms with Gasteiger partial charge in [-0.25, -0.2) is 4.98 Å². The van der Waals surface area contributed by atoms with Crippen molar-refractivity contribution in [2.75, 3.05) is 7.05 Å². The minimum atomic E-state index is -0.923. The molecule has 40 heavy (non-hydrogen) atoms. The first kappa shape index (κ1) is 31.3. The largest absolute Gasteiger partial charge is 0.481 e. The molecule has 1 aliphatic rings. The van der Waals surface area contributed by atoms with Crippen molar-refractivity contribution in [1.82, 2.24) is 15.2 Å². The summed E-state index contributed by atoms with van der Waals surface area (Å²) in [5.41, 5.74) is 1.16. The van der Waals surface area contributed by atoms with Crippen LogP contribution in [0.25, 0.3) is 0 Å². The number of hydrogen-bond acceptors (Lipinski definition) is 7. The lowest BCUT2D eigenvalue weighted by Gasteiger charge is -2.33. The number of rotatable bonds is 15. The second-order valence-corrected chi connectivity index (χ2v) is 12.1. The van der Waals surface area contributed by atoms with E-state index >= 15 is 0 Å². The standard InChI is InChI=1S/C30H41N3O6S/c1-18(2)25(33(5)27(35)15-22-11-12-22)16-26(39-20(4)34)29-32-24(17-40-29)28(36)31-23(13-19(3)30(37)38)14-21-9-7-6-8-10-21/h6-10,17-19,22-23,25-26H,11-16H2,1-5H3,(H,31,36)(H,37,38). The van der Waals surface area contributed by atoms with Gasteiger partial charge in [0.25, 0.3) is 5.91 Å². The predicted molar refractivity (Wildman–Crippen MR) is 153 cm³/mol. The normalized spacial score (nSPS) is 16.1. The molecule has 0 radical (unpaired) electrons. The summed E-state index contributed by atoms with van der Waals surface area (Å²) in [5.74, 6) is -1.78. The van der Waals surface area contributed by atoms with Crippen LogP contribution in [-0.4, -0.2) is 57.9 Å². The highest BCUT2D eigenvalue weighted by molar-refractivity contribution is 7.09. The van der Waals surface area contributed by atoms with Gasteiger partial charge >= 0.3 is 11.9 Å². The van der Waals surface area contributed by atoms with Crippen LogP contribution in [0.2, 0.25) is 0 Å². The Bertz CT molecular complexity index is 1160. The summed E-state index contributed by atoms with van der Waals surface area (Å²) in [7, 11) is 1.80. The van der Waals surface area contributed by atoms with E-state index in [1.54, 1.807) is 24.3 Å². The Hall–Kier alpha value is -3.27. The quantitative estimate of drug-likeness (QED) is 0.292. The van der Waals surface area contributed by atoms with Crippen LogP contribution >= 0.6 is 11.3 Å². The molecule has 3 rings (SSSR count). The molecular formula is C30H41N3O6S. The first-order chi connectivity index (χ1) is 18.9. The second kappa shape index (κ2) is 14.4. The van der Waals surface area contributed by atoms with Gasteiger partial charge in [-0.1, -0.05) is 51.1 Å². The number of carbonyl (C=O) groups is 4. The Labute approximate surface area is 240 Å². The molecule has 4 unspecified atom stereocenters. The molecule has 0 bridgehead atoms. The van der Waals surface area contributed by atoms with Gasteiger partial charge in [0, 0.05) is 44.3 Å². The highest BCUT2D eigenvalue weighted by atomic mass is 32.1. The minimum Gasteiger partial charge on any atom is -0.481 e. The van der Waals surface area contributed by atoms with E-state index in [-0.39, 0.29) is 30.0 Å². The average Bonchev–Trinajstić information content (AvgIpc) is 3.56. The van der Waals surface area contributed by atoms with Gasteiger partial charge in [-0.2, -0.15) is 0 Å². The van der Waals surface area contributed by atoms with Gasteiger partial charge in [-0.3, -0.25) is 19.2 Å². The van der Waals surface area contributed by atoms with E-state index in [2.05, 4.69) is 10.3 Å². The molecule has 0 spiro atoms. The zero-order chi connectivity index (χ0) is 29.4. The summed E-state index contributed by atoms with van der Waals surface area (Å²) in [6, 6.07) is 8.99. The number of hydrogen-bond donors (Lipinski definition) is 2. The summed E-state index contributed by atoms with van der Waals surface area (Å²) in [6.07, 6.45) is 3.12. The van der Waals surface area contributed by atoms with Crippen molar-refractivity contribution < 1.29 is 29.0 Å². The molecule has 1 aliphatic carbocycles. The molecule has 1 aromatic carbocycles. The molecule has 0 aliphatic heterocycles. The number of aliphatic carboxylic acids is 1. The first-order valence-electron chi connectivity index (χ1n) is 13.9. The summed E-state index contributed by atoms with van der Waals surface area (Å²) in [5, 5.41) is 14.5. The van der Waals surface area contributed by atoms with Crippen LogP contribution in [0.4, 0.5) is 0 Å². The molecule has 2 aromatic rings. The Kier molecular flexibility index (Phi) is 11.2. The SMILES string of the molecule is CC(=O)OC(CC(C(C)C)N(C)C(=O)CC1CC1)c1nc(C(=O)NC(Cc2ccccc2)CC(C)C(=O)O)cs1. The molecule has 2 amide bonds. The van der Waals surface area contributed by atoms with Gasteiger partial charge in [-0.05, 0) is 43.1 Å². The molecular weight excluding hydrogens is 530 g/mol. The van der Waals surface area contributed by atoms with Gasteiger partial charge < -0.3 is 20.1 Å². The fourth-order valence-corrected chi connectivity index (χ4v) is 5.65. The van der Waals surface area contributed by atoms with E-state index in [0.717, 1.165) is 18.4 Å². The third-order valence-electron chi connectivity index (χ3n) is 7.33. The van der Waals surface area contributed by atoms with Crippen LogP contribution in [0.5, 0.6) is 0 Å². The summed E-state index contributed by atoms with van der Waals surface area (Å²) >= 11 is 1.23. The topological polar surface area (TPSA) is 126 Å². The van der Waals surface area contributed by atoms with E-state index in [1.807, 2.05) is 44.2 Å². The fourth-order valence-electron chi connectivity index (χ4n) is 4.81. The molecule has 4 atom stereocenters. The molecule has 218 valence electrons. The van der Waals surface area contributed by atoms with Crippen molar-refractivity contribution in [1.29, 1.82) is 0 Å². The Morgan fingerprint density at radius 2 is 1.80 bits per heavy atom. The van der Waals surface area contributed by atoms with Crippen molar-refractivity contribution in [3.05, 3.63) is 52.0 Å². The van der Waals surface area contributed by atoms with Crippen molar-refractivity contribution in [3.63, 3.8) is 0 Å². The predicted octanol–water partition coefficient (Wildman–Crippen LogP) is 4.87. The van der Waals surface area contributed by atoms with E-state index in [9.17, 15) is 24.3 Å². The van der Waals surface area contributed by atoms with Crippen LogP contribution in [0.15, 0.2) is 35.7 Å². The highest BCUT2D eigenvalue weighted by Crippen LogP contribution is 2.35. The highest BCUT2D eigenvalue weighted by Gasteiger charge is 2.33. The number of amides is 2. The number of aromatic nitrogens is 1. The second-order valence-electron chi connectivity index (χ2n) is 11.2. The average molecular weight is 572 g/mol. The monoisotopic (exact) mass is 571 g/mol. The minimum absolute atomic E-state index is 0.0852. The lowest BCUT2D eigenvalue weighted by molar-refractivity contribution is -0.148. The summed E-state index contributed by atoms with van der Waals surface area (Å²) < 4.78 is 5.65. The maximum absolute atomic E-state index is 13.2. The number of carboxylic acid groups (broad SMARTS) is 1. The molecule has 10 heteroatoms. The van der Waals surface area contributed by atoms with E-state index in [0.29, 0.717) is 30.2 Å². The van der Waals surface area contributed by atoms with Gasteiger partial charge in [0.2, 0.25) is 5.91 Å². The first-order valence-corrected chi connectivity index (χ1v) is 14.8. The summed E-state index contributed by atoms with van der Waals surface area (Å²) in [4.78, 5) is 55.8. The third kappa shape index (κ3) is 9.43. The van der Waals surface area contributed by atoms with Gasteiger partial charge in [-0.15, -0.1) is 11.3 Å². The maximum Gasteiger partial charge on any atom is 0.306 e. The molecule has 1 aromatic heterocycles. The Balaban J connectivity index is 1.75. The van der Waals surface area contributed by atoms with E-state index < -0.39 is 35.9 Å². The van der Waals surface area contributed by atoms with Crippen molar-refractivity contribution in [2.45, 2.75) is 84.4 Å². The van der Waals surface area contributed by atoms with Gasteiger partial charge in [0.1, 0.15) is 10.7 Å². The van der Waals surface area contributed by atoms with Crippen molar-refractivity contribution in [3.8, 4) is 0 Å². The lowest BCUT2D eigenvalue weighted by atomic mass is 9.96. The smallest absolute Gasteiger partial charge is 0.306 e. The Morgan fingerprint density at radius 1 is 1.12 bits per heavy atom. The number of nitrogens with one attached hydrogen (secondary N) is 1. The Morgan fingerprint density at radius 3 is 2.38 bits per heavy atom. The van der Waals surface area contributed by atoms with Gasteiger partial charge in [0.15, 0.2) is 6.10 Å². The van der Waals surface area contributed by atoms with E-state index in [1.165, 1.54) is 18.3 Å². The fraction of sp³-hybridized carbons (Fsp3) is 0.567. The third-order valence-corrected chi connectivity index (χ3v) is 8.27. The number of ether oxygens (including phenoxy) is 1. The number of carbonyl (C=O) groups excluding carboxylic acids is 3. The van der Waals surface area contributed by atoms with Gasteiger partial charge in [0.05, 0.1) is 5.92 Å². The van der Waals surface area contributed by atoms with Crippen LogP contribution in [0.3, 0.4) is 0 Å². The van der Waals surface area contributed by atoms with Crippen LogP contribution in [0.1, 0.15) is 87.0 Å². The molecule has 1 fully saturated rings. The van der Waals surface area contributed by atoms with Crippen LogP contribution in [-0.2, 0) is 25.5 Å². The number of benzene rings is 1. The number of thiazole rings is 1. The molecule has 9 nitrogen and oxygen atoms in total. The molecule has 0 saturated heterocycles.